The molecule has 1 N–H and O–H groups in total. The molecule has 174 valence electrons. The summed E-state index contributed by atoms with van der Waals surface area (Å²) in [4.78, 5) is 49.4. The van der Waals surface area contributed by atoms with Crippen molar-refractivity contribution in [2.45, 2.75) is 32.6 Å². The predicted octanol–water partition coefficient (Wildman–Crippen LogP) is 2.91. The van der Waals surface area contributed by atoms with Crippen LogP contribution in [0.25, 0.3) is 0 Å². The summed E-state index contributed by atoms with van der Waals surface area (Å²) in [6.45, 7) is 5.79. The number of hydrazine groups is 1. The lowest BCUT2D eigenvalue weighted by molar-refractivity contribution is -0.147. The van der Waals surface area contributed by atoms with Crippen LogP contribution >= 0.6 is 0 Å². The first kappa shape index (κ1) is 24.0. The van der Waals surface area contributed by atoms with Gasteiger partial charge in [-0.25, -0.2) is 0 Å². The number of nitrogens with zero attached hydrogens (tertiary/aromatic N) is 1. The Labute approximate surface area is 192 Å². The van der Waals surface area contributed by atoms with E-state index in [-0.39, 0.29) is 24.2 Å². The quantitative estimate of drug-likeness (QED) is 0.512. The normalized spacial score (nSPS) is 15.8. The zero-order chi connectivity index (χ0) is 24.2. The Kier molecular flexibility index (Phi) is 7.16. The third-order valence-corrected chi connectivity index (χ3v) is 5.47. The van der Waals surface area contributed by atoms with E-state index in [1.54, 1.807) is 36.4 Å². The molecule has 2 amide bonds. The zero-order valence-electron chi connectivity index (χ0n) is 19.2. The van der Waals surface area contributed by atoms with Crippen LogP contribution < -0.4 is 10.2 Å². The van der Waals surface area contributed by atoms with Crippen LogP contribution in [0.2, 0.25) is 0 Å². The molecule has 1 aliphatic heterocycles. The number of esters is 1. The van der Waals surface area contributed by atoms with E-state index < -0.39 is 30.3 Å². The molecular formula is C25H28N2O6. The summed E-state index contributed by atoms with van der Waals surface area (Å²) in [6, 6.07) is 13.6. The second kappa shape index (κ2) is 9.85. The highest BCUT2D eigenvalue weighted by Crippen LogP contribution is 2.23. The smallest absolute Gasteiger partial charge is 0.311 e. The number of nitrogens with one attached hydrogen (secondary N) is 1. The predicted molar refractivity (Wildman–Crippen MR) is 121 cm³/mol. The number of benzene rings is 2. The number of ether oxygens (including phenoxy) is 2. The minimum atomic E-state index is -0.760. The van der Waals surface area contributed by atoms with Gasteiger partial charge in [-0.15, -0.1) is 0 Å². The van der Waals surface area contributed by atoms with Gasteiger partial charge in [-0.1, -0.05) is 32.9 Å². The third-order valence-electron chi connectivity index (χ3n) is 5.47. The van der Waals surface area contributed by atoms with Gasteiger partial charge in [0.1, 0.15) is 5.75 Å². The molecule has 8 heteroatoms. The molecular weight excluding hydrogens is 424 g/mol. The Balaban J connectivity index is 1.52. The maximum absolute atomic E-state index is 12.5. The molecule has 0 bridgehead atoms. The van der Waals surface area contributed by atoms with Crippen LogP contribution in [0.3, 0.4) is 0 Å². The highest BCUT2D eigenvalue weighted by Gasteiger charge is 2.36. The van der Waals surface area contributed by atoms with Gasteiger partial charge in [0.05, 0.1) is 19.6 Å². The molecule has 3 rings (SSSR count). The maximum atomic E-state index is 12.5. The molecule has 1 heterocycles. The lowest BCUT2D eigenvalue weighted by Gasteiger charge is -2.20. The first-order valence-electron chi connectivity index (χ1n) is 10.6. The molecule has 8 nitrogen and oxygen atoms in total. The van der Waals surface area contributed by atoms with Gasteiger partial charge in [-0.2, -0.15) is 0 Å². The van der Waals surface area contributed by atoms with Gasteiger partial charge in [0.15, 0.2) is 12.4 Å². The topological polar surface area (TPSA) is 102 Å². The molecule has 0 spiro atoms. The van der Waals surface area contributed by atoms with E-state index >= 15 is 0 Å². The molecule has 33 heavy (non-hydrogen) atoms. The van der Waals surface area contributed by atoms with Gasteiger partial charge in [0, 0.05) is 17.5 Å². The second-order valence-corrected chi connectivity index (χ2v) is 8.93. The standard InChI is InChI=1S/C25H28N2O6/c1-25(2,3)19-9-5-17(6-10-19)23(30)26-27-14-18(13-22(27)29)24(31)33-15-21(28)16-7-11-20(32-4)12-8-16/h5-12,18H,13-15H2,1-4H3,(H,26,30). The number of rotatable bonds is 7. The second-order valence-electron chi connectivity index (χ2n) is 8.93. The summed E-state index contributed by atoms with van der Waals surface area (Å²) < 4.78 is 10.2. The van der Waals surface area contributed by atoms with Gasteiger partial charge in [-0.3, -0.25) is 29.6 Å². The van der Waals surface area contributed by atoms with Crippen molar-refractivity contribution in [3.8, 4) is 5.75 Å². The number of carbonyl (C=O) groups excluding carboxylic acids is 4. The molecule has 1 atom stereocenters. The third kappa shape index (κ3) is 5.97. The summed E-state index contributed by atoms with van der Waals surface area (Å²) in [5.74, 6) is -1.99. The van der Waals surface area contributed by atoms with Gasteiger partial charge in [0.25, 0.3) is 5.91 Å². The van der Waals surface area contributed by atoms with E-state index in [1.165, 1.54) is 7.11 Å². The molecule has 1 unspecified atom stereocenters. The van der Waals surface area contributed by atoms with Crippen LogP contribution in [0.1, 0.15) is 53.5 Å². The highest BCUT2D eigenvalue weighted by atomic mass is 16.5. The first-order chi connectivity index (χ1) is 15.6. The van der Waals surface area contributed by atoms with Gasteiger partial charge >= 0.3 is 5.97 Å². The summed E-state index contributed by atoms with van der Waals surface area (Å²) in [7, 11) is 1.52. The highest BCUT2D eigenvalue weighted by molar-refractivity contribution is 5.99. The van der Waals surface area contributed by atoms with Crippen LogP contribution in [0.5, 0.6) is 5.75 Å². The van der Waals surface area contributed by atoms with Crippen LogP contribution in [-0.4, -0.2) is 48.8 Å². The van der Waals surface area contributed by atoms with Crippen molar-refractivity contribution < 1.29 is 28.7 Å². The number of carbonyl (C=O) groups is 4. The number of methoxy groups -OCH3 is 1. The number of hydrogen-bond donors (Lipinski definition) is 1. The minimum absolute atomic E-state index is 0.0137. The van der Waals surface area contributed by atoms with Gasteiger partial charge in [0.2, 0.25) is 5.91 Å². The van der Waals surface area contributed by atoms with Gasteiger partial charge < -0.3 is 9.47 Å². The Bertz CT molecular complexity index is 1040. The monoisotopic (exact) mass is 452 g/mol. The number of Topliss-reactive ketones (excluding diaryl/α,β-unsaturated/α-hetero) is 1. The lowest BCUT2D eigenvalue weighted by Crippen LogP contribution is -2.43. The van der Waals surface area contributed by atoms with E-state index in [2.05, 4.69) is 26.2 Å². The van der Waals surface area contributed by atoms with Crippen molar-refractivity contribution in [3.63, 3.8) is 0 Å². The minimum Gasteiger partial charge on any atom is -0.497 e. The first-order valence-corrected chi connectivity index (χ1v) is 10.6. The van der Waals surface area contributed by atoms with Crippen LogP contribution in [0.15, 0.2) is 48.5 Å². The number of hydrogen-bond acceptors (Lipinski definition) is 6. The molecule has 0 saturated carbocycles. The fourth-order valence-corrected chi connectivity index (χ4v) is 3.40. The van der Waals surface area contributed by atoms with Crippen molar-refractivity contribution in [1.29, 1.82) is 0 Å². The SMILES string of the molecule is COc1ccc(C(=O)COC(=O)C2CC(=O)N(NC(=O)c3ccc(C(C)(C)C)cc3)C2)cc1. The van der Waals surface area contributed by atoms with E-state index in [1.807, 2.05) is 12.1 Å². The summed E-state index contributed by atoms with van der Waals surface area (Å²) >= 11 is 0. The van der Waals surface area contributed by atoms with Crippen molar-refractivity contribution >= 4 is 23.6 Å². The Morgan fingerprint density at radius 3 is 2.18 bits per heavy atom. The van der Waals surface area contributed by atoms with Crippen molar-refractivity contribution in [2.75, 3.05) is 20.3 Å². The molecule has 0 radical (unpaired) electrons. The fraction of sp³-hybridized carbons (Fsp3) is 0.360. The molecule has 1 saturated heterocycles. The number of ketones is 1. The summed E-state index contributed by atoms with van der Waals surface area (Å²) in [6.07, 6.45) is -0.0984. The van der Waals surface area contributed by atoms with Crippen molar-refractivity contribution in [1.82, 2.24) is 10.4 Å². The molecule has 2 aromatic carbocycles. The van der Waals surface area contributed by atoms with E-state index in [9.17, 15) is 19.2 Å². The largest absolute Gasteiger partial charge is 0.497 e. The van der Waals surface area contributed by atoms with Crippen LogP contribution in [-0.2, 0) is 19.7 Å². The van der Waals surface area contributed by atoms with Crippen LogP contribution in [0.4, 0.5) is 0 Å². The maximum Gasteiger partial charge on any atom is 0.311 e. The Morgan fingerprint density at radius 2 is 1.61 bits per heavy atom. The molecule has 0 aliphatic carbocycles. The fourth-order valence-electron chi connectivity index (χ4n) is 3.40. The summed E-state index contributed by atoms with van der Waals surface area (Å²) in [5, 5.41) is 1.12. The molecule has 1 aliphatic rings. The molecule has 0 aromatic heterocycles. The van der Waals surface area contributed by atoms with E-state index in [0.29, 0.717) is 16.9 Å². The van der Waals surface area contributed by atoms with Gasteiger partial charge in [-0.05, 0) is 47.4 Å². The molecule has 1 fully saturated rings. The van der Waals surface area contributed by atoms with E-state index in [4.69, 9.17) is 9.47 Å². The molecule has 2 aromatic rings. The average molecular weight is 453 g/mol. The summed E-state index contributed by atoms with van der Waals surface area (Å²) in [5.41, 5.74) is 4.39. The van der Waals surface area contributed by atoms with Crippen molar-refractivity contribution in [2.24, 2.45) is 5.92 Å². The van der Waals surface area contributed by atoms with E-state index in [0.717, 1.165) is 10.6 Å². The Morgan fingerprint density at radius 1 is 1.00 bits per heavy atom. The zero-order valence-corrected chi connectivity index (χ0v) is 19.2. The Hall–Kier alpha value is -3.68. The van der Waals surface area contributed by atoms with Crippen LogP contribution in [0, 0.1) is 5.92 Å². The van der Waals surface area contributed by atoms with Crippen molar-refractivity contribution in [3.05, 3.63) is 65.2 Å². The average Bonchev–Trinajstić information content (AvgIpc) is 3.17. The lowest BCUT2D eigenvalue weighted by atomic mass is 9.87. The number of amides is 2.